The van der Waals surface area contributed by atoms with Gasteiger partial charge in [-0.3, -0.25) is 10.1 Å². The molecule has 2 rings (SSSR count). The maximum atomic E-state index is 10.8. The molecule has 76 valence electrons. The average Bonchev–Trinajstić information content (AvgIpc) is 2.69. The van der Waals surface area contributed by atoms with Crippen LogP contribution in [0.25, 0.3) is 5.69 Å². The highest BCUT2D eigenvalue weighted by Gasteiger charge is 2.14. The molecule has 1 heterocycles. The summed E-state index contributed by atoms with van der Waals surface area (Å²) in [7, 11) is 0. The van der Waals surface area contributed by atoms with Crippen molar-refractivity contribution in [1.82, 2.24) is 9.55 Å². The summed E-state index contributed by atoms with van der Waals surface area (Å²) < 4.78 is 2.39. The normalized spacial score (nSPS) is 10.2. The van der Waals surface area contributed by atoms with Crippen LogP contribution < -0.4 is 0 Å². The highest BCUT2D eigenvalue weighted by Crippen LogP contribution is 2.26. The first-order valence-corrected chi connectivity index (χ1v) is 4.90. The van der Waals surface area contributed by atoms with Crippen molar-refractivity contribution < 1.29 is 4.92 Å². The first kappa shape index (κ1) is 9.85. The molecular weight excluding hydrogens is 262 g/mol. The predicted octanol–water partition coefficient (Wildman–Crippen LogP) is 2.54. The molecule has 0 saturated heterocycles. The second-order valence-electron chi connectivity index (χ2n) is 2.86. The van der Waals surface area contributed by atoms with Crippen LogP contribution in [0.15, 0.2) is 41.4 Å². The molecule has 0 fully saturated rings. The number of nitrogens with zero attached hydrogens (tertiary/aromatic N) is 3. The molecule has 0 aliphatic rings. The molecule has 0 aliphatic carbocycles. The molecular formula is C9H6BrN3O2. The summed E-state index contributed by atoms with van der Waals surface area (Å²) in [6.07, 6.45) is 4.76. The van der Waals surface area contributed by atoms with Gasteiger partial charge in [-0.15, -0.1) is 0 Å². The number of hydrogen-bond donors (Lipinski definition) is 0. The van der Waals surface area contributed by atoms with E-state index in [0.717, 1.165) is 4.47 Å². The zero-order chi connectivity index (χ0) is 10.8. The highest BCUT2D eigenvalue weighted by atomic mass is 79.9. The van der Waals surface area contributed by atoms with E-state index >= 15 is 0 Å². The monoisotopic (exact) mass is 267 g/mol. The van der Waals surface area contributed by atoms with E-state index < -0.39 is 4.92 Å². The van der Waals surface area contributed by atoms with Crippen molar-refractivity contribution in [3.63, 3.8) is 0 Å². The first-order valence-electron chi connectivity index (χ1n) is 4.11. The minimum atomic E-state index is -0.415. The minimum absolute atomic E-state index is 0.0520. The number of nitro groups is 1. The maximum absolute atomic E-state index is 10.8. The fourth-order valence-electron chi connectivity index (χ4n) is 1.26. The van der Waals surface area contributed by atoms with Gasteiger partial charge in [-0.2, -0.15) is 0 Å². The molecule has 6 heteroatoms. The van der Waals surface area contributed by atoms with E-state index in [-0.39, 0.29) is 5.69 Å². The number of nitro benzene ring substituents is 1. The van der Waals surface area contributed by atoms with Crippen LogP contribution in [0, 0.1) is 10.1 Å². The van der Waals surface area contributed by atoms with Crippen LogP contribution in [0.2, 0.25) is 0 Å². The van der Waals surface area contributed by atoms with E-state index in [4.69, 9.17) is 0 Å². The third-order valence-corrected chi connectivity index (χ3v) is 2.41. The highest BCUT2D eigenvalue weighted by molar-refractivity contribution is 9.10. The van der Waals surface area contributed by atoms with E-state index in [9.17, 15) is 10.1 Å². The van der Waals surface area contributed by atoms with Crippen molar-refractivity contribution in [3.05, 3.63) is 51.5 Å². The SMILES string of the molecule is O=[N+]([O-])c1ccc(Br)cc1-n1ccnc1. The van der Waals surface area contributed by atoms with Gasteiger partial charge in [0.1, 0.15) is 5.69 Å². The van der Waals surface area contributed by atoms with Gasteiger partial charge in [0.15, 0.2) is 0 Å². The van der Waals surface area contributed by atoms with E-state index in [0.29, 0.717) is 5.69 Å². The second-order valence-corrected chi connectivity index (χ2v) is 3.78. The van der Waals surface area contributed by atoms with E-state index in [1.54, 1.807) is 29.1 Å². The van der Waals surface area contributed by atoms with Gasteiger partial charge >= 0.3 is 0 Å². The summed E-state index contributed by atoms with van der Waals surface area (Å²) in [5, 5.41) is 10.8. The minimum Gasteiger partial charge on any atom is -0.300 e. The largest absolute Gasteiger partial charge is 0.300 e. The lowest BCUT2D eigenvalue weighted by Gasteiger charge is -2.03. The molecule has 0 spiro atoms. The fourth-order valence-corrected chi connectivity index (χ4v) is 1.61. The van der Waals surface area contributed by atoms with E-state index in [2.05, 4.69) is 20.9 Å². The quantitative estimate of drug-likeness (QED) is 0.621. The Kier molecular flexibility index (Phi) is 2.51. The number of benzene rings is 1. The lowest BCUT2D eigenvalue weighted by atomic mass is 10.2. The van der Waals surface area contributed by atoms with Crippen molar-refractivity contribution in [3.8, 4) is 5.69 Å². The smallest absolute Gasteiger partial charge is 0.293 e. The molecule has 2 aromatic rings. The van der Waals surface area contributed by atoms with Crippen LogP contribution in [0.4, 0.5) is 5.69 Å². The van der Waals surface area contributed by atoms with Crippen LogP contribution in [0.3, 0.4) is 0 Å². The molecule has 0 amide bonds. The molecule has 0 N–H and O–H groups in total. The number of halogens is 1. The van der Waals surface area contributed by atoms with Gasteiger partial charge in [-0.1, -0.05) is 15.9 Å². The number of hydrogen-bond acceptors (Lipinski definition) is 3. The molecule has 0 bridgehead atoms. The van der Waals surface area contributed by atoms with Gasteiger partial charge in [-0.25, -0.2) is 4.98 Å². The van der Waals surface area contributed by atoms with Crippen LogP contribution >= 0.6 is 15.9 Å². The number of rotatable bonds is 2. The van der Waals surface area contributed by atoms with Crippen LogP contribution in [0.5, 0.6) is 0 Å². The van der Waals surface area contributed by atoms with E-state index in [1.807, 2.05) is 0 Å². The molecule has 0 radical (unpaired) electrons. The Hall–Kier alpha value is -1.69. The van der Waals surface area contributed by atoms with Crippen molar-refractivity contribution in [2.45, 2.75) is 0 Å². The lowest BCUT2D eigenvalue weighted by molar-refractivity contribution is -0.384. The standard InChI is InChI=1S/C9H6BrN3O2/c10-7-1-2-8(13(14)15)9(5-7)12-4-3-11-6-12/h1-6H. The Morgan fingerprint density at radius 2 is 2.27 bits per heavy atom. The van der Waals surface area contributed by atoms with Crippen molar-refractivity contribution in [2.75, 3.05) is 0 Å². The molecule has 0 atom stereocenters. The Bertz CT molecular complexity index is 496. The third-order valence-electron chi connectivity index (χ3n) is 1.92. The van der Waals surface area contributed by atoms with Crippen LogP contribution in [-0.2, 0) is 0 Å². The molecule has 0 saturated carbocycles. The molecule has 15 heavy (non-hydrogen) atoms. The Balaban J connectivity index is 2.63. The second kappa shape index (κ2) is 3.82. The summed E-state index contributed by atoms with van der Waals surface area (Å²) in [5.74, 6) is 0. The van der Waals surface area contributed by atoms with Crippen LogP contribution in [0.1, 0.15) is 0 Å². The molecule has 0 aliphatic heterocycles. The van der Waals surface area contributed by atoms with Gasteiger partial charge in [-0.05, 0) is 12.1 Å². The van der Waals surface area contributed by atoms with Gasteiger partial charge in [0.2, 0.25) is 0 Å². The van der Waals surface area contributed by atoms with Crippen molar-refractivity contribution in [1.29, 1.82) is 0 Å². The Morgan fingerprint density at radius 1 is 1.47 bits per heavy atom. The maximum Gasteiger partial charge on any atom is 0.293 e. The predicted molar refractivity (Wildman–Crippen MR) is 57.9 cm³/mol. The number of aromatic nitrogens is 2. The zero-order valence-electron chi connectivity index (χ0n) is 7.50. The van der Waals surface area contributed by atoms with Crippen LogP contribution in [-0.4, -0.2) is 14.5 Å². The molecule has 0 unspecified atom stereocenters. The third kappa shape index (κ3) is 1.89. The van der Waals surface area contributed by atoms with Gasteiger partial charge < -0.3 is 4.57 Å². The van der Waals surface area contributed by atoms with Crippen molar-refractivity contribution in [2.24, 2.45) is 0 Å². The van der Waals surface area contributed by atoms with Gasteiger partial charge in [0, 0.05) is 22.9 Å². The summed E-state index contributed by atoms with van der Waals surface area (Å²) in [5.41, 5.74) is 0.545. The average molecular weight is 268 g/mol. The zero-order valence-corrected chi connectivity index (χ0v) is 9.09. The summed E-state index contributed by atoms with van der Waals surface area (Å²) in [4.78, 5) is 14.2. The summed E-state index contributed by atoms with van der Waals surface area (Å²) >= 11 is 3.27. The molecule has 5 nitrogen and oxygen atoms in total. The first-order chi connectivity index (χ1) is 7.18. The topological polar surface area (TPSA) is 61.0 Å². The fraction of sp³-hybridized carbons (Fsp3) is 0. The molecule has 1 aromatic heterocycles. The molecule has 1 aromatic carbocycles. The number of imidazole rings is 1. The van der Waals surface area contributed by atoms with E-state index in [1.165, 1.54) is 12.4 Å². The van der Waals surface area contributed by atoms with Gasteiger partial charge in [0.25, 0.3) is 5.69 Å². The summed E-state index contributed by atoms with van der Waals surface area (Å²) in [6.45, 7) is 0. The lowest BCUT2D eigenvalue weighted by Crippen LogP contribution is -1.97. The summed E-state index contributed by atoms with van der Waals surface area (Å²) in [6, 6.07) is 4.78. The Labute approximate surface area is 93.6 Å². The van der Waals surface area contributed by atoms with Gasteiger partial charge in [0.05, 0.1) is 11.3 Å². The Morgan fingerprint density at radius 3 is 2.87 bits per heavy atom. The van der Waals surface area contributed by atoms with Crippen molar-refractivity contribution >= 4 is 21.6 Å².